The predicted octanol–water partition coefficient (Wildman–Crippen LogP) is 12.7. The number of nitrogens with zero attached hydrogens (tertiary/aromatic N) is 2. The Kier molecular flexibility index (Phi) is 6.80. The SMILES string of the molecule is CC1(C)c2ccc(-c3cccc(-c4cc(-c5ccccc5)nc(-c5ccccc5)n4)c3)cc2-c2cc3c(cc21)-c1ccccc1C31CCCCC1. The van der Waals surface area contributed by atoms with E-state index in [9.17, 15) is 0 Å². The quantitative estimate of drug-likeness (QED) is 0.188. The molecule has 1 saturated carbocycles. The van der Waals surface area contributed by atoms with Crippen molar-refractivity contribution >= 4 is 0 Å². The van der Waals surface area contributed by atoms with E-state index in [2.05, 4.69) is 135 Å². The van der Waals surface area contributed by atoms with Crippen molar-refractivity contribution in [2.45, 2.75) is 56.8 Å². The lowest BCUT2D eigenvalue weighted by atomic mass is 9.67. The van der Waals surface area contributed by atoms with E-state index in [4.69, 9.17) is 9.97 Å². The summed E-state index contributed by atoms with van der Waals surface area (Å²) in [6, 6.07) is 53.3. The van der Waals surface area contributed by atoms with Crippen molar-refractivity contribution in [1.82, 2.24) is 9.97 Å². The van der Waals surface area contributed by atoms with E-state index < -0.39 is 0 Å². The Hall–Kier alpha value is -5.60. The zero-order chi connectivity index (χ0) is 34.2. The van der Waals surface area contributed by atoms with Gasteiger partial charge in [0.1, 0.15) is 0 Å². The molecule has 10 rings (SSSR count). The molecule has 1 aromatic heterocycles. The van der Waals surface area contributed by atoms with Gasteiger partial charge in [-0.2, -0.15) is 0 Å². The molecule has 246 valence electrons. The van der Waals surface area contributed by atoms with Crippen LogP contribution in [0.5, 0.6) is 0 Å². The largest absolute Gasteiger partial charge is 0.228 e. The first-order valence-electron chi connectivity index (χ1n) is 18.5. The van der Waals surface area contributed by atoms with Crippen LogP contribution in [0.1, 0.15) is 68.2 Å². The Balaban J connectivity index is 1.09. The Morgan fingerprint density at radius 3 is 1.76 bits per heavy atom. The summed E-state index contributed by atoms with van der Waals surface area (Å²) in [7, 11) is 0. The van der Waals surface area contributed by atoms with Gasteiger partial charge in [-0.05, 0) is 98.8 Å². The third-order valence-corrected chi connectivity index (χ3v) is 12.1. The van der Waals surface area contributed by atoms with Crippen molar-refractivity contribution in [3.8, 4) is 67.3 Å². The molecule has 0 amide bonds. The molecule has 51 heavy (non-hydrogen) atoms. The molecule has 1 heterocycles. The number of fused-ring (bicyclic) bond motifs is 8. The predicted molar refractivity (Wildman–Crippen MR) is 211 cm³/mol. The Morgan fingerprint density at radius 1 is 0.392 bits per heavy atom. The van der Waals surface area contributed by atoms with Gasteiger partial charge in [0.15, 0.2) is 5.82 Å². The van der Waals surface area contributed by atoms with Crippen molar-refractivity contribution in [2.24, 2.45) is 0 Å². The van der Waals surface area contributed by atoms with E-state index in [0.29, 0.717) is 0 Å². The van der Waals surface area contributed by atoms with Crippen LogP contribution in [0.2, 0.25) is 0 Å². The highest BCUT2D eigenvalue weighted by molar-refractivity contribution is 5.91. The molecule has 0 atom stereocenters. The van der Waals surface area contributed by atoms with Crippen LogP contribution < -0.4 is 0 Å². The molecule has 3 aliphatic rings. The first-order valence-corrected chi connectivity index (χ1v) is 18.5. The molecule has 3 aliphatic carbocycles. The minimum Gasteiger partial charge on any atom is -0.228 e. The van der Waals surface area contributed by atoms with Gasteiger partial charge in [-0.15, -0.1) is 0 Å². The third kappa shape index (κ3) is 4.69. The highest BCUT2D eigenvalue weighted by atomic mass is 14.9. The lowest BCUT2D eigenvalue weighted by Gasteiger charge is -2.36. The minimum absolute atomic E-state index is 0.0695. The molecule has 1 spiro atoms. The molecule has 2 heteroatoms. The Labute approximate surface area is 300 Å². The average Bonchev–Trinajstić information content (AvgIpc) is 3.58. The van der Waals surface area contributed by atoms with Crippen molar-refractivity contribution in [2.75, 3.05) is 0 Å². The summed E-state index contributed by atoms with van der Waals surface area (Å²) in [5.41, 5.74) is 19.2. The van der Waals surface area contributed by atoms with Gasteiger partial charge in [0.05, 0.1) is 11.4 Å². The van der Waals surface area contributed by atoms with Crippen LogP contribution in [0, 0.1) is 0 Å². The van der Waals surface area contributed by atoms with E-state index in [1.165, 1.54) is 76.6 Å². The van der Waals surface area contributed by atoms with E-state index >= 15 is 0 Å². The van der Waals surface area contributed by atoms with Crippen LogP contribution in [-0.2, 0) is 10.8 Å². The maximum Gasteiger partial charge on any atom is 0.160 e. The van der Waals surface area contributed by atoms with E-state index in [0.717, 1.165) is 33.9 Å². The minimum atomic E-state index is -0.0695. The first-order chi connectivity index (χ1) is 25.0. The highest BCUT2D eigenvalue weighted by Gasteiger charge is 2.46. The lowest BCUT2D eigenvalue weighted by Crippen LogP contribution is -2.28. The molecule has 2 nitrogen and oxygen atoms in total. The third-order valence-electron chi connectivity index (χ3n) is 12.1. The summed E-state index contributed by atoms with van der Waals surface area (Å²) >= 11 is 0. The normalized spacial score (nSPS) is 16.0. The summed E-state index contributed by atoms with van der Waals surface area (Å²) in [6.45, 7) is 4.82. The van der Waals surface area contributed by atoms with Crippen LogP contribution in [0.15, 0.2) is 146 Å². The van der Waals surface area contributed by atoms with Crippen LogP contribution in [0.4, 0.5) is 0 Å². The second-order valence-electron chi connectivity index (χ2n) is 15.3. The van der Waals surface area contributed by atoms with Crippen molar-refractivity contribution in [1.29, 1.82) is 0 Å². The van der Waals surface area contributed by atoms with Gasteiger partial charge in [-0.1, -0.05) is 148 Å². The van der Waals surface area contributed by atoms with E-state index in [1.807, 2.05) is 24.3 Å². The number of benzene rings is 6. The van der Waals surface area contributed by atoms with Gasteiger partial charge < -0.3 is 0 Å². The fourth-order valence-corrected chi connectivity index (χ4v) is 9.50. The van der Waals surface area contributed by atoms with Crippen LogP contribution >= 0.6 is 0 Å². The maximum absolute atomic E-state index is 5.12. The fraction of sp³-hybridized carbons (Fsp3) is 0.184. The summed E-state index contributed by atoms with van der Waals surface area (Å²) in [6.07, 6.45) is 6.46. The van der Waals surface area contributed by atoms with Gasteiger partial charge in [0.25, 0.3) is 0 Å². The monoisotopic (exact) mass is 656 g/mol. The molecule has 0 radical (unpaired) electrons. The second-order valence-corrected chi connectivity index (χ2v) is 15.3. The first kappa shape index (κ1) is 30.2. The second kappa shape index (κ2) is 11.5. The Morgan fingerprint density at radius 2 is 0.980 bits per heavy atom. The molecular formula is C49H40N2. The molecule has 7 aromatic rings. The zero-order valence-electron chi connectivity index (χ0n) is 29.3. The van der Waals surface area contributed by atoms with Gasteiger partial charge in [-0.3, -0.25) is 0 Å². The van der Waals surface area contributed by atoms with Gasteiger partial charge >= 0.3 is 0 Å². The number of hydrogen-bond acceptors (Lipinski definition) is 2. The molecule has 0 aliphatic heterocycles. The highest BCUT2D eigenvalue weighted by Crippen LogP contribution is 2.60. The van der Waals surface area contributed by atoms with Crippen LogP contribution in [-0.4, -0.2) is 9.97 Å². The molecule has 1 fully saturated rings. The molecule has 0 bridgehead atoms. The topological polar surface area (TPSA) is 25.8 Å². The van der Waals surface area contributed by atoms with Gasteiger partial charge in [0, 0.05) is 27.5 Å². The number of aromatic nitrogens is 2. The fourth-order valence-electron chi connectivity index (χ4n) is 9.50. The Bertz CT molecular complexity index is 2410. The van der Waals surface area contributed by atoms with E-state index in [1.54, 1.807) is 11.1 Å². The summed E-state index contributed by atoms with van der Waals surface area (Å²) < 4.78 is 0. The smallest absolute Gasteiger partial charge is 0.160 e. The van der Waals surface area contributed by atoms with Crippen molar-refractivity contribution < 1.29 is 0 Å². The van der Waals surface area contributed by atoms with Gasteiger partial charge in [0.2, 0.25) is 0 Å². The maximum atomic E-state index is 5.12. The lowest BCUT2D eigenvalue weighted by molar-refractivity contribution is 0.353. The molecule has 6 aromatic carbocycles. The molecule has 0 unspecified atom stereocenters. The van der Waals surface area contributed by atoms with Crippen LogP contribution in [0.25, 0.3) is 67.3 Å². The van der Waals surface area contributed by atoms with Crippen LogP contribution in [0.3, 0.4) is 0 Å². The summed E-state index contributed by atoms with van der Waals surface area (Å²) in [5, 5.41) is 0. The zero-order valence-corrected chi connectivity index (χ0v) is 29.3. The molecule has 0 N–H and O–H groups in total. The molecule has 0 saturated heterocycles. The van der Waals surface area contributed by atoms with Gasteiger partial charge in [-0.25, -0.2) is 9.97 Å². The molecular weight excluding hydrogens is 617 g/mol. The van der Waals surface area contributed by atoms with Crippen molar-refractivity contribution in [3.05, 3.63) is 168 Å². The van der Waals surface area contributed by atoms with E-state index in [-0.39, 0.29) is 10.8 Å². The number of rotatable bonds is 4. The number of hydrogen-bond donors (Lipinski definition) is 0. The standard InChI is InChI=1S/C49H40N2/c1-48(2)41-24-23-35(28-38(41)40-30-44-39(29-43(40)48)37-21-10-11-22-42(37)49(44)25-12-5-13-26-49)34-19-14-20-36(27-34)46-31-45(32-15-6-3-7-16-32)50-47(51-46)33-17-8-4-9-18-33/h3-4,6-11,14-24,27-31H,5,12-13,25-26H2,1-2H3. The summed E-state index contributed by atoms with van der Waals surface area (Å²) in [5.74, 6) is 0.735. The average molecular weight is 657 g/mol. The summed E-state index contributed by atoms with van der Waals surface area (Å²) in [4.78, 5) is 10.1. The van der Waals surface area contributed by atoms with Crippen molar-refractivity contribution in [3.63, 3.8) is 0 Å².